The van der Waals surface area contributed by atoms with Gasteiger partial charge in [-0.2, -0.15) is 25.8 Å². The Morgan fingerprint density at radius 2 is 2.06 bits per heavy atom. The summed E-state index contributed by atoms with van der Waals surface area (Å²) in [4.78, 5) is 11.3. The van der Waals surface area contributed by atoms with E-state index < -0.39 is 5.51 Å². The van der Waals surface area contributed by atoms with Gasteiger partial charge in [-0.25, -0.2) is 0 Å². The van der Waals surface area contributed by atoms with Gasteiger partial charge >= 0.3 is 5.51 Å². The number of rotatable bonds is 6. The van der Waals surface area contributed by atoms with E-state index in [-0.39, 0.29) is 35.4 Å². The van der Waals surface area contributed by atoms with Crippen molar-refractivity contribution in [3.8, 4) is 0 Å². The highest BCUT2D eigenvalue weighted by molar-refractivity contribution is 8.00. The molecule has 1 N–H and O–H groups in total. The Morgan fingerprint density at radius 1 is 1.44 bits per heavy atom. The van der Waals surface area contributed by atoms with E-state index in [0.29, 0.717) is 12.2 Å². The van der Waals surface area contributed by atoms with E-state index >= 15 is 0 Å². The lowest BCUT2D eigenvalue weighted by molar-refractivity contribution is -0.122. The lowest BCUT2D eigenvalue weighted by Crippen LogP contribution is -2.29. The SMILES string of the molecule is O=C(CC1(CS)CC1)NCCSC(F)(F)F. The molecule has 0 spiro atoms. The van der Waals surface area contributed by atoms with Crippen LogP contribution in [-0.4, -0.2) is 29.5 Å². The van der Waals surface area contributed by atoms with Gasteiger partial charge in [0.15, 0.2) is 0 Å². The van der Waals surface area contributed by atoms with Crippen molar-refractivity contribution in [1.82, 2.24) is 5.32 Å². The monoisotopic (exact) mass is 273 g/mol. The molecule has 0 aromatic heterocycles. The Bertz CT molecular complexity index is 254. The van der Waals surface area contributed by atoms with Gasteiger partial charge in [0.1, 0.15) is 0 Å². The van der Waals surface area contributed by atoms with Crippen molar-refractivity contribution in [2.24, 2.45) is 5.41 Å². The van der Waals surface area contributed by atoms with E-state index in [2.05, 4.69) is 17.9 Å². The van der Waals surface area contributed by atoms with Crippen molar-refractivity contribution in [2.45, 2.75) is 24.8 Å². The number of thiol groups is 1. The predicted octanol–water partition coefficient (Wildman–Crippen LogP) is 2.46. The third kappa shape index (κ3) is 5.34. The maximum absolute atomic E-state index is 11.8. The minimum absolute atomic E-state index is 0.0182. The number of nitrogens with one attached hydrogen (secondary N) is 1. The molecule has 1 saturated carbocycles. The van der Waals surface area contributed by atoms with Gasteiger partial charge in [0.05, 0.1) is 0 Å². The third-order valence-corrected chi connectivity index (χ3v) is 3.92. The van der Waals surface area contributed by atoms with Gasteiger partial charge in [0.25, 0.3) is 0 Å². The van der Waals surface area contributed by atoms with Crippen molar-refractivity contribution in [1.29, 1.82) is 0 Å². The molecule has 2 nitrogen and oxygen atoms in total. The Labute approximate surface area is 102 Å². The van der Waals surface area contributed by atoms with Gasteiger partial charge in [-0.1, -0.05) is 0 Å². The molecular formula is C9H14F3NOS2. The number of alkyl halides is 3. The molecule has 1 fully saturated rings. The van der Waals surface area contributed by atoms with Gasteiger partial charge in [0, 0.05) is 18.7 Å². The molecule has 16 heavy (non-hydrogen) atoms. The number of amides is 1. The summed E-state index contributed by atoms with van der Waals surface area (Å²) in [7, 11) is 0. The van der Waals surface area contributed by atoms with Gasteiger partial charge in [0.2, 0.25) is 5.91 Å². The molecule has 0 unspecified atom stereocenters. The maximum Gasteiger partial charge on any atom is 0.441 e. The van der Waals surface area contributed by atoms with Gasteiger partial charge in [-0.15, -0.1) is 0 Å². The van der Waals surface area contributed by atoms with Crippen molar-refractivity contribution in [3.63, 3.8) is 0 Å². The van der Waals surface area contributed by atoms with Crippen LogP contribution in [0.5, 0.6) is 0 Å². The minimum Gasteiger partial charge on any atom is -0.355 e. The molecule has 94 valence electrons. The van der Waals surface area contributed by atoms with E-state index in [4.69, 9.17) is 0 Å². The van der Waals surface area contributed by atoms with Crippen molar-refractivity contribution < 1.29 is 18.0 Å². The molecule has 1 amide bonds. The maximum atomic E-state index is 11.8. The summed E-state index contributed by atoms with van der Waals surface area (Å²) in [5, 5.41) is 2.49. The third-order valence-electron chi connectivity index (χ3n) is 2.52. The molecule has 0 bridgehead atoms. The number of halogens is 3. The molecular weight excluding hydrogens is 259 g/mol. The number of hydrogen-bond acceptors (Lipinski definition) is 3. The minimum atomic E-state index is -4.21. The lowest BCUT2D eigenvalue weighted by atomic mass is 10.1. The molecule has 1 rings (SSSR count). The predicted molar refractivity (Wildman–Crippen MR) is 61.7 cm³/mol. The number of hydrogen-bond donors (Lipinski definition) is 2. The highest BCUT2D eigenvalue weighted by Crippen LogP contribution is 2.49. The Hall–Kier alpha value is -0.0400. The van der Waals surface area contributed by atoms with Crippen LogP contribution in [0, 0.1) is 5.41 Å². The van der Waals surface area contributed by atoms with Gasteiger partial charge in [-0.3, -0.25) is 4.79 Å². The summed E-state index contributed by atoms with van der Waals surface area (Å²) in [5.41, 5.74) is -4.20. The van der Waals surface area contributed by atoms with Crippen LogP contribution < -0.4 is 5.32 Å². The molecule has 0 heterocycles. The first kappa shape index (κ1) is 14.0. The number of thioether (sulfide) groups is 1. The zero-order valence-electron chi connectivity index (χ0n) is 8.64. The summed E-state index contributed by atoms with van der Waals surface area (Å²) in [6.45, 7) is 0.0612. The molecule has 0 saturated heterocycles. The van der Waals surface area contributed by atoms with Crippen LogP contribution in [0.15, 0.2) is 0 Å². The zero-order valence-corrected chi connectivity index (χ0v) is 10.4. The first-order chi connectivity index (χ1) is 7.37. The summed E-state index contributed by atoms with van der Waals surface area (Å²) in [5.74, 6) is 0.357. The topological polar surface area (TPSA) is 29.1 Å². The van der Waals surface area contributed by atoms with E-state index in [0.717, 1.165) is 12.8 Å². The summed E-state index contributed by atoms with van der Waals surface area (Å²) in [6.07, 6.45) is 2.36. The largest absolute Gasteiger partial charge is 0.441 e. The second kappa shape index (κ2) is 5.53. The molecule has 0 atom stereocenters. The van der Waals surface area contributed by atoms with E-state index in [9.17, 15) is 18.0 Å². The Morgan fingerprint density at radius 3 is 2.50 bits per heavy atom. The van der Waals surface area contributed by atoms with Crippen LogP contribution in [0.4, 0.5) is 13.2 Å². The summed E-state index contributed by atoms with van der Waals surface area (Å²) >= 11 is 4.04. The Kier molecular flexibility index (Phi) is 4.85. The molecule has 0 aliphatic heterocycles. The van der Waals surface area contributed by atoms with Crippen LogP contribution in [0.1, 0.15) is 19.3 Å². The summed E-state index contributed by atoms with van der Waals surface area (Å²) < 4.78 is 35.3. The highest BCUT2D eigenvalue weighted by Gasteiger charge is 2.42. The average Bonchev–Trinajstić information content (AvgIpc) is 2.92. The van der Waals surface area contributed by atoms with E-state index in [1.54, 1.807) is 0 Å². The average molecular weight is 273 g/mol. The van der Waals surface area contributed by atoms with Gasteiger partial charge in [-0.05, 0) is 35.8 Å². The molecule has 1 aliphatic rings. The van der Waals surface area contributed by atoms with Crippen LogP contribution in [0.25, 0.3) is 0 Å². The number of carbonyl (C=O) groups excluding carboxylic acids is 1. The standard InChI is InChI=1S/C9H14F3NOS2/c10-9(11,12)16-4-3-13-7(14)5-8(6-15)1-2-8/h15H,1-6H2,(H,13,14). The second-order valence-electron chi connectivity index (χ2n) is 3.98. The molecule has 0 radical (unpaired) electrons. The van der Waals surface area contributed by atoms with Crippen molar-refractivity contribution >= 4 is 30.3 Å². The quantitative estimate of drug-likeness (QED) is 0.575. The normalized spacial score (nSPS) is 18.2. The molecule has 7 heteroatoms. The van der Waals surface area contributed by atoms with Crippen molar-refractivity contribution in [2.75, 3.05) is 18.1 Å². The van der Waals surface area contributed by atoms with Crippen LogP contribution >= 0.6 is 24.4 Å². The Balaban J connectivity index is 2.07. The summed E-state index contributed by atoms with van der Waals surface area (Å²) in [6, 6.07) is 0. The highest BCUT2D eigenvalue weighted by atomic mass is 32.2. The van der Waals surface area contributed by atoms with Gasteiger partial charge < -0.3 is 5.32 Å². The fraction of sp³-hybridized carbons (Fsp3) is 0.889. The zero-order chi connectivity index (χ0) is 12.2. The fourth-order valence-electron chi connectivity index (χ4n) is 1.33. The first-order valence-electron chi connectivity index (χ1n) is 4.95. The van der Waals surface area contributed by atoms with Crippen LogP contribution in [0.3, 0.4) is 0 Å². The van der Waals surface area contributed by atoms with Crippen molar-refractivity contribution in [3.05, 3.63) is 0 Å². The molecule has 0 aromatic carbocycles. The lowest BCUT2D eigenvalue weighted by Gasteiger charge is -2.11. The van der Waals surface area contributed by atoms with Crippen LogP contribution in [-0.2, 0) is 4.79 Å². The first-order valence-corrected chi connectivity index (χ1v) is 6.57. The smallest absolute Gasteiger partial charge is 0.355 e. The molecule has 0 aromatic rings. The van der Waals surface area contributed by atoms with Crippen LogP contribution in [0.2, 0.25) is 0 Å². The van der Waals surface area contributed by atoms with E-state index in [1.807, 2.05) is 0 Å². The van der Waals surface area contributed by atoms with E-state index in [1.165, 1.54) is 0 Å². The second-order valence-corrected chi connectivity index (χ2v) is 5.46. The number of carbonyl (C=O) groups is 1. The molecule has 1 aliphatic carbocycles. The fourth-order valence-corrected chi connectivity index (χ4v) is 2.19.